The Morgan fingerprint density at radius 2 is 1.35 bits per heavy atom. The minimum absolute atomic E-state index is 0.119. The number of phenols is 2. The third-order valence-corrected chi connectivity index (χ3v) is 6.65. The van der Waals surface area contributed by atoms with Gasteiger partial charge in [0.2, 0.25) is 0 Å². The molecule has 0 radical (unpaired) electrons. The fourth-order valence-corrected chi connectivity index (χ4v) is 4.21. The fraction of sp³-hybridized carbons (Fsp3) is 0.484. The Morgan fingerprint density at radius 1 is 0.784 bits per heavy atom. The van der Waals surface area contributed by atoms with E-state index in [1.807, 2.05) is 0 Å². The van der Waals surface area contributed by atoms with Crippen LogP contribution in [-0.4, -0.2) is 28.6 Å². The van der Waals surface area contributed by atoms with Gasteiger partial charge in [0.05, 0.1) is 0 Å². The van der Waals surface area contributed by atoms with Crippen molar-refractivity contribution < 1.29 is 24.5 Å². The van der Waals surface area contributed by atoms with Crippen molar-refractivity contribution in [3.05, 3.63) is 69.9 Å². The lowest BCUT2D eigenvalue weighted by molar-refractivity contribution is -0.148. The minimum Gasteiger partial charge on any atom is -0.504 e. The fourth-order valence-electron chi connectivity index (χ4n) is 3.49. The number of ether oxygens (including phenoxy) is 1. The lowest BCUT2D eigenvalue weighted by Crippen LogP contribution is -2.13. The molecule has 37 heavy (non-hydrogen) atoms. The normalized spacial score (nSPS) is 11.9. The maximum absolute atomic E-state index is 12.0. The topological polar surface area (TPSA) is 83.8 Å². The molecule has 1 aromatic carbocycles. The van der Waals surface area contributed by atoms with Crippen molar-refractivity contribution in [2.45, 2.75) is 90.4 Å². The molecule has 1 rings (SSSR count). The highest BCUT2D eigenvalue weighted by molar-refractivity contribution is 14.1. The third kappa shape index (κ3) is 17.7. The zero-order valence-electron chi connectivity index (χ0n) is 22.2. The average molecular weight is 623 g/mol. The summed E-state index contributed by atoms with van der Waals surface area (Å²) in [6.45, 7) is 2.03. The van der Waals surface area contributed by atoms with Gasteiger partial charge in [-0.3, -0.25) is 9.59 Å². The molecule has 0 aliphatic heterocycles. The van der Waals surface area contributed by atoms with Crippen LogP contribution in [0, 0.1) is 3.57 Å². The van der Waals surface area contributed by atoms with Gasteiger partial charge >= 0.3 is 5.97 Å². The second-order valence-electron chi connectivity index (χ2n) is 8.97. The van der Waals surface area contributed by atoms with Gasteiger partial charge in [-0.15, -0.1) is 0 Å². The highest BCUT2D eigenvalue weighted by Gasteiger charge is 2.10. The number of hydrogen-bond donors (Lipinski definition) is 2. The number of allylic oxidation sites excluding steroid dienone is 8. The second-order valence-corrected chi connectivity index (χ2v) is 10.1. The Hall–Kier alpha value is -2.35. The van der Waals surface area contributed by atoms with Crippen LogP contribution in [0.1, 0.15) is 89.5 Å². The molecule has 0 atom stereocenters. The van der Waals surface area contributed by atoms with Crippen molar-refractivity contribution in [1.82, 2.24) is 0 Å². The van der Waals surface area contributed by atoms with Crippen LogP contribution < -0.4 is 0 Å². The second kappa shape index (κ2) is 21.7. The van der Waals surface area contributed by atoms with Gasteiger partial charge in [0, 0.05) is 16.4 Å². The number of rotatable bonds is 20. The highest BCUT2D eigenvalue weighted by Crippen LogP contribution is 2.30. The summed E-state index contributed by atoms with van der Waals surface area (Å²) in [5.41, 5.74) is 0.873. The molecule has 0 saturated heterocycles. The number of halogens is 1. The van der Waals surface area contributed by atoms with Gasteiger partial charge in [-0.05, 0) is 98.1 Å². The molecule has 0 bridgehead atoms. The van der Waals surface area contributed by atoms with Gasteiger partial charge in [0.15, 0.2) is 17.3 Å². The number of Topliss-reactive ketones (excluding diaryl/α,β-unsaturated/α-hetero) is 1. The molecule has 0 spiro atoms. The molecule has 2 N–H and O–H groups in total. The number of unbranched alkanes of at least 4 members (excludes halogenated alkanes) is 4. The van der Waals surface area contributed by atoms with Crippen LogP contribution in [0.5, 0.6) is 11.5 Å². The minimum atomic E-state index is -0.345. The standard InChI is InChI=1S/C31H43IO5/c1-2-3-4-5-6-7-8-9-10-11-12-13-14-15-16-17-18-22-31(36)37-25-27(33)21-19-20-26-23-29(34)30(35)24-28(26)32/h6-7,9-10,12-13,15-16,23-24,34-35H,2-5,8,11,14,17-22,25H2,1H3/b7-6-,10-9-,13-12-,16-15-. The first-order valence-corrected chi connectivity index (χ1v) is 14.5. The summed E-state index contributed by atoms with van der Waals surface area (Å²) in [5, 5.41) is 19.1. The average Bonchev–Trinajstić information content (AvgIpc) is 2.87. The Labute approximate surface area is 236 Å². The van der Waals surface area contributed by atoms with Crippen molar-refractivity contribution in [2.24, 2.45) is 0 Å². The van der Waals surface area contributed by atoms with Crippen molar-refractivity contribution in [2.75, 3.05) is 6.61 Å². The molecular weight excluding hydrogens is 579 g/mol. The number of aromatic hydroxyl groups is 2. The van der Waals surface area contributed by atoms with Gasteiger partial charge in [0.25, 0.3) is 0 Å². The molecule has 0 aliphatic rings. The number of benzene rings is 1. The van der Waals surface area contributed by atoms with Crippen LogP contribution >= 0.6 is 22.6 Å². The number of aryl methyl sites for hydroxylation is 1. The predicted molar refractivity (Wildman–Crippen MR) is 160 cm³/mol. The van der Waals surface area contributed by atoms with E-state index in [0.717, 1.165) is 34.8 Å². The predicted octanol–water partition coefficient (Wildman–Crippen LogP) is 8.28. The molecular formula is C31H43IO5. The number of hydrogen-bond acceptors (Lipinski definition) is 5. The molecule has 5 nitrogen and oxygen atoms in total. The molecule has 0 aromatic heterocycles. The summed E-state index contributed by atoms with van der Waals surface area (Å²) >= 11 is 2.08. The number of esters is 1. The Bertz CT molecular complexity index is 914. The van der Waals surface area contributed by atoms with E-state index in [-0.39, 0.29) is 29.9 Å². The van der Waals surface area contributed by atoms with Gasteiger partial charge in [0.1, 0.15) is 6.61 Å². The lowest BCUT2D eigenvalue weighted by Gasteiger charge is -2.07. The van der Waals surface area contributed by atoms with Gasteiger partial charge in [-0.2, -0.15) is 0 Å². The van der Waals surface area contributed by atoms with Gasteiger partial charge in [-0.1, -0.05) is 68.4 Å². The van der Waals surface area contributed by atoms with E-state index >= 15 is 0 Å². The third-order valence-electron chi connectivity index (χ3n) is 5.65. The van der Waals surface area contributed by atoms with Crippen molar-refractivity contribution >= 4 is 34.3 Å². The number of carbonyl (C=O) groups excluding carboxylic acids is 2. The quantitative estimate of drug-likeness (QED) is 0.0503. The largest absolute Gasteiger partial charge is 0.504 e. The lowest BCUT2D eigenvalue weighted by atomic mass is 10.1. The van der Waals surface area contributed by atoms with E-state index < -0.39 is 0 Å². The van der Waals surface area contributed by atoms with Gasteiger partial charge in [-0.25, -0.2) is 0 Å². The molecule has 0 aliphatic carbocycles. The SMILES string of the molecule is CCCCC/C=C\C/C=C\C/C=C\C/C=C\CCCC(=O)OCC(=O)CCCc1cc(O)c(O)cc1I. The monoisotopic (exact) mass is 622 g/mol. The zero-order chi connectivity index (χ0) is 27.1. The molecule has 6 heteroatoms. The first-order chi connectivity index (χ1) is 17.9. The molecule has 0 heterocycles. The van der Waals surface area contributed by atoms with Crippen LogP contribution in [0.4, 0.5) is 0 Å². The van der Waals surface area contributed by atoms with E-state index in [0.29, 0.717) is 32.1 Å². The summed E-state index contributed by atoms with van der Waals surface area (Å²) in [4.78, 5) is 23.8. The molecule has 0 fully saturated rings. The van der Waals surface area contributed by atoms with Crippen molar-refractivity contribution in [1.29, 1.82) is 0 Å². The van der Waals surface area contributed by atoms with Crippen LogP contribution in [0.15, 0.2) is 60.7 Å². The smallest absolute Gasteiger partial charge is 0.306 e. The first kappa shape index (κ1) is 32.7. The molecule has 0 unspecified atom stereocenters. The summed E-state index contributed by atoms with van der Waals surface area (Å²) < 4.78 is 5.92. The van der Waals surface area contributed by atoms with E-state index in [1.54, 1.807) is 0 Å². The van der Waals surface area contributed by atoms with Crippen LogP contribution in [0.25, 0.3) is 0 Å². The maximum atomic E-state index is 12.0. The van der Waals surface area contributed by atoms with E-state index in [9.17, 15) is 19.8 Å². The Kier molecular flexibility index (Phi) is 19.2. The zero-order valence-corrected chi connectivity index (χ0v) is 24.3. The number of ketones is 1. The van der Waals surface area contributed by atoms with Crippen LogP contribution in [0.2, 0.25) is 0 Å². The van der Waals surface area contributed by atoms with Crippen LogP contribution in [0.3, 0.4) is 0 Å². The molecule has 204 valence electrons. The summed E-state index contributed by atoms with van der Waals surface area (Å²) in [5.74, 6) is -0.783. The Balaban J connectivity index is 2.02. The highest BCUT2D eigenvalue weighted by atomic mass is 127. The summed E-state index contributed by atoms with van der Waals surface area (Å²) in [6.07, 6.45) is 28.6. The van der Waals surface area contributed by atoms with Crippen LogP contribution in [-0.2, 0) is 20.7 Å². The first-order valence-electron chi connectivity index (χ1n) is 13.4. The van der Waals surface area contributed by atoms with Gasteiger partial charge < -0.3 is 14.9 Å². The van der Waals surface area contributed by atoms with E-state index in [2.05, 4.69) is 78.1 Å². The molecule has 1 aromatic rings. The number of carbonyl (C=O) groups is 2. The van der Waals surface area contributed by atoms with Crippen molar-refractivity contribution in [3.8, 4) is 11.5 Å². The van der Waals surface area contributed by atoms with E-state index in [4.69, 9.17) is 4.74 Å². The van der Waals surface area contributed by atoms with E-state index in [1.165, 1.54) is 37.8 Å². The Morgan fingerprint density at radius 3 is 1.97 bits per heavy atom. The maximum Gasteiger partial charge on any atom is 0.306 e. The molecule has 0 saturated carbocycles. The summed E-state index contributed by atoms with van der Waals surface area (Å²) in [7, 11) is 0. The number of phenolic OH excluding ortho intramolecular Hbond substituents is 2. The summed E-state index contributed by atoms with van der Waals surface area (Å²) in [6, 6.07) is 3.01. The molecule has 0 amide bonds. The van der Waals surface area contributed by atoms with Crippen molar-refractivity contribution in [3.63, 3.8) is 0 Å².